The molecule has 2 aromatic carbocycles. The molecule has 162 valence electrons. The molecular weight excluding hydrogens is 392 g/mol. The molecule has 0 amide bonds. The van der Waals surface area contributed by atoms with Crippen LogP contribution in [0.25, 0.3) is 0 Å². The molecule has 0 aliphatic rings. The van der Waals surface area contributed by atoms with Crippen LogP contribution < -0.4 is 10.6 Å². The van der Waals surface area contributed by atoms with Crippen molar-refractivity contribution in [3.05, 3.63) is 131 Å². The molecule has 2 atom stereocenters. The van der Waals surface area contributed by atoms with Crippen LogP contribution in [0.15, 0.2) is 97.1 Å². The van der Waals surface area contributed by atoms with E-state index in [1.165, 1.54) is 11.1 Å². The third-order valence-corrected chi connectivity index (χ3v) is 5.53. The number of hydrogen-bond acceptors (Lipinski definition) is 4. The van der Waals surface area contributed by atoms with E-state index in [0.717, 1.165) is 35.9 Å². The second-order valence-electron chi connectivity index (χ2n) is 8.10. The van der Waals surface area contributed by atoms with Gasteiger partial charge in [0.05, 0.1) is 23.5 Å². The maximum absolute atomic E-state index is 4.88. The van der Waals surface area contributed by atoms with Crippen molar-refractivity contribution in [2.24, 2.45) is 0 Å². The minimum absolute atomic E-state index is 0.0480. The third-order valence-electron chi connectivity index (χ3n) is 5.53. The van der Waals surface area contributed by atoms with Crippen molar-refractivity contribution in [1.29, 1.82) is 0 Å². The number of nitrogens with zero attached hydrogens (tertiary/aromatic N) is 2. The molecule has 4 aromatic rings. The molecule has 0 aliphatic carbocycles. The van der Waals surface area contributed by atoms with Crippen LogP contribution in [0.1, 0.15) is 46.0 Å². The van der Waals surface area contributed by atoms with Crippen LogP contribution in [0.4, 0.5) is 0 Å². The topological polar surface area (TPSA) is 49.8 Å². The molecule has 4 heteroatoms. The van der Waals surface area contributed by atoms with Crippen LogP contribution in [-0.4, -0.2) is 9.97 Å². The Balaban J connectivity index is 1.68. The molecule has 0 saturated heterocycles. The summed E-state index contributed by atoms with van der Waals surface area (Å²) < 4.78 is 0. The van der Waals surface area contributed by atoms with Crippen LogP contribution in [-0.2, 0) is 13.1 Å². The van der Waals surface area contributed by atoms with Gasteiger partial charge < -0.3 is 10.6 Å². The van der Waals surface area contributed by atoms with E-state index < -0.39 is 0 Å². The molecule has 2 N–H and O–H groups in total. The summed E-state index contributed by atoms with van der Waals surface area (Å²) in [7, 11) is 0. The van der Waals surface area contributed by atoms with Gasteiger partial charge in [-0.05, 0) is 49.2 Å². The van der Waals surface area contributed by atoms with Crippen LogP contribution in [0, 0.1) is 13.8 Å². The molecule has 0 radical (unpaired) electrons. The van der Waals surface area contributed by atoms with E-state index in [4.69, 9.17) is 9.97 Å². The highest BCUT2D eigenvalue weighted by atomic mass is 15.1. The first-order valence-electron chi connectivity index (χ1n) is 11.1. The summed E-state index contributed by atoms with van der Waals surface area (Å²) in [6, 6.07) is 33.3. The molecule has 0 bridgehead atoms. The van der Waals surface area contributed by atoms with Gasteiger partial charge in [0, 0.05) is 24.5 Å². The molecule has 2 aromatic heterocycles. The number of rotatable bonds is 9. The highest BCUT2D eigenvalue weighted by molar-refractivity contribution is 5.24. The molecule has 0 aliphatic heterocycles. The van der Waals surface area contributed by atoms with Crippen LogP contribution >= 0.6 is 0 Å². The first-order chi connectivity index (χ1) is 15.7. The summed E-state index contributed by atoms with van der Waals surface area (Å²) in [6.07, 6.45) is 0. The lowest BCUT2D eigenvalue weighted by atomic mass is 9.98. The molecule has 0 saturated carbocycles. The maximum atomic E-state index is 4.88. The van der Waals surface area contributed by atoms with Crippen molar-refractivity contribution in [3.63, 3.8) is 0 Å². The van der Waals surface area contributed by atoms with E-state index in [9.17, 15) is 0 Å². The number of aryl methyl sites for hydroxylation is 2. The minimum atomic E-state index is -0.0480. The number of nitrogens with one attached hydrogen (secondary N) is 2. The van der Waals surface area contributed by atoms with Gasteiger partial charge in [0.2, 0.25) is 0 Å². The SMILES string of the molecule is Cc1cccc([C@H](NCc2ccccc2)[C@@H](NCc2ccccc2)c2cccc(C)n2)n1. The van der Waals surface area contributed by atoms with Crippen LogP contribution in [0.5, 0.6) is 0 Å². The monoisotopic (exact) mass is 422 g/mol. The van der Waals surface area contributed by atoms with E-state index in [1.807, 2.05) is 38.1 Å². The zero-order valence-corrected chi connectivity index (χ0v) is 18.7. The number of benzene rings is 2. The summed E-state index contributed by atoms with van der Waals surface area (Å²) >= 11 is 0. The van der Waals surface area contributed by atoms with Crippen LogP contribution in [0.3, 0.4) is 0 Å². The quantitative estimate of drug-likeness (QED) is 0.376. The lowest BCUT2D eigenvalue weighted by molar-refractivity contribution is 0.367. The van der Waals surface area contributed by atoms with Crippen molar-refractivity contribution in [2.45, 2.75) is 39.0 Å². The van der Waals surface area contributed by atoms with E-state index in [1.54, 1.807) is 0 Å². The Hall–Kier alpha value is -3.34. The van der Waals surface area contributed by atoms with E-state index in [-0.39, 0.29) is 12.1 Å². The number of pyridine rings is 2. The van der Waals surface area contributed by atoms with Gasteiger partial charge in [0.1, 0.15) is 0 Å². The van der Waals surface area contributed by atoms with Crippen molar-refractivity contribution in [3.8, 4) is 0 Å². The fourth-order valence-electron chi connectivity index (χ4n) is 3.91. The molecule has 0 unspecified atom stereocenters. The smallest absolute Gasteiger partial charge is 0.0711 e. The summed E-state index contributed by atoms with van der Waals surface area (Å²) in [5.41, 5.74) is 6.51. The third kappa shape index (κ3) is 5.88. The van der Waals surface area contributed by atoms with Gasteiger partial charge in [0.15, 0.2) is 0 Å². The van der Waals surface area contributed by atoms with Crippen molar-refractivity contribution >= 4 is 0 Å². The summed E-state index contributed by atoms with van der Waals surface area (Å²) in [6.45, 7) is 5.57. The zero-order chi connectivity index (χ0) is 22.2. The van der Waals surface area contributed by atoms with Gasteiger partial charge in [-0.25, -0.2) is 0 Å². The second-order valence-corrected chi connectivity index (χ2v) is 8.10. The summed E-state index contributed by atoms with van der Waals surface area (Å²) in [5, 5.41) is 7.54. The Morgan fingerprint density at radius 2 is 0.938 bits per heavy atom. The van der Waals surface area contributed by atoms with Gasteiger partial charge in [0.25, 0.3) is 0 Å². The lowest BCUT2D eigenvalue weighted by Crippen LogP contribution is -2.36. The fraction of sp³-hybridized carbons (Fsp3) is 0.214. The zero-order valence-electron chi connectivity index (χ0n) is 18.7. The van der Waals surface area contributed by atoms with Gasteiger partial charge in [-0.3, -0.25) is 9.97 Å². The predicted octanol–water partition coefficient (Wildman–Crippen LogP) is 5.46. The fourth-order valence-corrected chi connectivity index (χ4v) is 3.91. The first-order valence-corrected chi connectivity index (χ1v) is 11.1. The highest BCUT2D eigenvalue weighted by Crippen LogP contribution is 2.28. The molecule has 4 nitrogen and oxygen atoms in total. The number of aromatic nitrogens is 2. The molecule has 0 spiro atoms. The Kier molecular flexibility index (Phi) is 7.38. The van der Waals surface area contributed by atoms with E-state index in [0.29, 0.717) is 0 Å². The van der Waals surface area contributed by atoms with Gasteiger partial charge >= 0.3 is 0 Å². The molecule has 0 fully saturated rings. The molecule has 4 rings (SSSR count). The van der Waals surface area contributed by atoms with Gasteiger partial charge in [-0.1, -0.05) is 72.8 Å². The number of hydrogen-bond donors (Lipinski definition) is 2. The first kappa shape index (κ1) is 21.9. The molecule has 2 heterocycles. The predicted molar refractivity (Wildman–Crippen MR) is 130 cm³/mol. The standard InChI is InChI=1S/C28H30N4/c1-21-11-9-17-25(31-21)27(29-19-23-13-5-3-6-14-23)28(26-18-10-12-22(2)32-26)30-20-24-15-7-4-8-16-24/h3-18,27-30H,19-20H2,1-2H3/t27-,28-/m0/s1. The maximum Gasteiger partial charge on any atom is 0.0711 e. The summed E-state index contributed by atoms with van der Waals surface area (Å²) in [5.74, 6) is 0. The summed E-state index contributed by atoms with van der Waals surface area (Å²) in [4.78, 5) is 9.76. The molecule has 32 heavy (non-hydrogen) atoms. The second kappa shape index (κ2) is 10.8. The normalized spacial score (nSPS) is 12.9. The average molecular weight is 423 g/mol. The largest absolute Gasteiger partial charge is 0.303 e. The Labute approximate surface area is 190 Å². The van der Waals surface area contributed by atoms with Crippen molar-refractivity contribution in [1.82, 2.24) is 20.6 Å². The van der Waals surface area contributed by atoms with Crippen LogP contribution in [0.2, 0.25) is 0 Å². The lowest BCUT2D eigenvalue weighted by Gasteiger charge is -2.29. The minimum Gasteiger partial charge on any atom is -0.303 e. The van der Waals surface area contributed by atoms with Gasteiger partial charge in [-0.15, -0.1) is 0 Å². The van der Waals surface area contributed by atoms with E-state index in [2.05, 4.69) is 83.4 Å². The van der Waals surface area contributed by atoms with Gasteiger partial charge in [-0.2, -0.15) is 0 Å². The Morgan fingerprint density at radius 3 is 1.31 bits per heavy atom. The highest BCUT2D eigenvalue weighted by Gasteiger charge is 2.27. The van der Waals surface area contributed by atoms with Crippen molar-refractivity contribution in [2.75, 3.05) is 0 Å². The van der Waals surface area contributed by atoms with E-state index >= 15 is 0 Å². The Morgan fingerprint density at radius 1 is 0.531 bits per heavy atom. The van der Waals surface area contributed by atoms with Crippen molar-refractivity contribution < 1.29 is 0 Å². The molecular formula is C28H30N4. The Bertz CT molecular complexity index is 1020. The average Bonchev–Trinajstić information content (AvgIpc) is 2.82.